The zero-order chi connectivity index (χ0) is 43.7. The summed E-state index contributed by atoms with van der Waals surface area (Å²) in [5, 5.41) is 0. The summed E-state index contributed by atoms with van der Waals surface area (Å²) in [4.78, 5) is 37.9. The largest absolute Gasteiger partial charge is 0.462 e. The summed E-state index contributed by atoms with van der Waals surface area (Å²) in [6, 6.07) is 0. The van der Waals surface area contributed by atoms with Gasteiger partial charge in [-0.25, -0.2) is 0 Å². The molecule has 0 rings (SSSR count). The molecule has 0 heterocycles. The average molecular weight is 841 g/mol. The molecule has 0 amide bonds. The SMILES string of the molecule is CCCC/C=C\C=C/CCCCCC(=O)OCC(COC(=O)CCCCCCC/C=C\CCCCCCCCC)OC(=O)CCCCCCCCC/C=C\CCCCCC. The first-order valence-electron chi connectivity index (χ1n) is 25.7. The molecule has 0 spiro atoms. The third-order valence-electron chi connectivity index (χ3n) is 11.1. The predicted octanol–water partition coefficient (Wildman–Crippen LogP) is 16.7. The quantitative estimate of drug-likeness (QED) is 0.0200. The van der Waals surface area contributed by atoms with E-state index in [4.69, 9.17) is 14.2 Å². The molecule has 6 nitrogen and oxygen atoms in total. The van der Waals surface area contributed by atoms with Gasteiger partial charge in [0.2, 0.25) is 0 Å². The van der Waals surface area contributed by atoms with Crippen LogP contribution in [-0.2, 0) is 28.6 Å². The molecule has 60 heavy (non-hydrogen) atoms. The molecule has 0 aromatic carbocycles. The van der Waals surface area contributed by atoms with Crippen LogP contribution in [0.3, 0.4) is 0 Å². The lowest BCUT2D eigenvalue weighted by molar-refractivity contribution is -0.167. The molecular formula is C54H96O6. The summed E-state index contributed by atoms with van der Waals surface area (Å²) >= 11 is 0. The molecule has 0 N–H and O–H groups in total. The maximum absolute atomic E-state index is 12.8. The molecule has 348 valence electrons. The molecule has 0 aliphatic heterocycles. The fraction of sp³-hybridized carbons (Fsp3) is 0.796. The van der Waals surface area contributed by atoms with Crippen LogP contribution in [0.5, 0.6) is 0 Å². The van der Waals surface area contributed by atoms with Crippen molar-refractivity contribution in [3.05, 3.63) is 48.6 Å². The summed E-state index contributed by atoms with van der Waals surface area (Å²) in [6.07, 6.45) is 58.1. The van der Waals surface area contributed by atoms with Gasteiger partial charge in [-0.2, -0.15) is 0 Å². The van der Waals surface area contributed by atoms with Crippen LogP contribution in [-0.4, -0.2) is 37.2 Å². The zero-order valence-electron chi connectivity index (χ0n) is 39.7. The fourth-order valence-electron chi connectivity index (χ4n) is 7.11. The van der Waals surface area contributed by atoms with Crippen LogP contribution in [0.2, 0.25) is 0 Å². The Morgan fingerprint density at radius 3 is 1.02 bits per heavy atom. The van der Waals surface area contributed by atoms with Crippen molar-refractivity contribution >= 4 is 17.9 Å². The highest BCUT2D eigenvalue weighted by atomic mass is 16.6. The van der Waals surface area contributed by atoms with Crippen LogP contribution >= 0.6 is 0 Å². The molecule has 0 aromatic heterocycles. The zero-order valence-corrected chi connectivity index (χ0v) is 39.7. The van der Waals surface area contributed by atoms with Gasteiger partial charge in [0, 0.05) is 19.3 Å². The number of unbranched alkanes of at least 4 members (excludes halogenated alkanes) is 28. The van der Waals surface area contributed by atoms with Crippen LogP contribution in [0.25, 0.3) is 0 Å². The van der Waals surface area contributed by atoms with E-state index in [1.807, 2.05) is 0 Å². The first-order valence-corrected chi connectivity index (χ1v) is 25.7. The third-order valence-corrected chi connectivity index (χ3v) is 11.1. The van der Waals surface area contributed by atoms with Crippen molar-refractivity contribution in [2.45, 2.75) is 264 Å². The average Bonchev–Trinajstić information content (AvgIpc) is 3.24. The number of hydrogen-bond acceptors (Lipinski definition) is 6. The van der Waals surface area contributed by atoms with Gasteiger partial charge in [0.05, 0.1) is 0 Å². The lowest BCUT2D eigenvalue weighted by Gasteiger charge is -2.18. The predicted molar refractivity (Wildman–Crippen MR) is 256 cm³/mol. The molecule has 0 aromatic rings. The Morgan fingerprint density at radius 2 is 0.617 bits per heavy atom. The maximum Gasteiger partial charge on any atom is 0.306 e. The first kappa shape index (κ1) is 57.4. The minimum atomic E-state index is -0.787. The van der Waals surface area contributed by atoms with E-state index in [0.29, 0.717) is 19.3 Å². The molecule has 0 saturated heterocycles. The Labute approximate surface area is 371 Å². The first-order chi connectivity index (χ1) is 29.5. The van der Waals surface area contributed by atoms with E-state index in [1.165, 1.54) is 141 Å². The van der Waals surface area contributed by atoms with Crippen molar-refractivity contribution in [1.29, 1.82) is 0 Å². The molecule has 0 bridgehead atoms. The topological polar surface area (TPSA) is 78.9 Å². The third kappa shape index (κ3) is 46.4. The van der Waals surface area contributed by atoms with Gasteiger partial charge in [-0.05, 0) is 89.9 Å². The Balaban J connectivity index is 4.39. The maximum atomic E-state index is 12.8. The van der Waals surface area contributed by atoms with E-state index in [1.54, 1.807) is 0 Å². The number of hydrogen-bond donors (Lipinski definition) is 0. The minimum Gasteiger partial charge on any atom is -0.462 e. The van der Waals surface area contributed by atoms with Gasteiger partial charge >= 0.3 is 17.9 Å². The lowest BCUT2D eigenvalue weighted by atomic mass is 10.1. The van der Waals surface area contributed by atoms with Crippen LogP contribution in [0.15, 0.2) is 48.6 Å². The normalized spacial score (nSPS) is 12.4. The van der Waals surface area contributed by atoms with Crippen LogP contribution < -0.4 is 0 Å². The van der Waals surface area contributed by atoms with Gasteiger partial charge in [-0.15, -0.1) is 0 Å². The second kappa shape index (κ2) is 49.0. The number of rotatable bonds is 46. The molecule has 1 unspecified atom stereocenters. The van der Waals surface area contributed by atoms with Crippen molar-refractivity contribution in [1.82, 2.24) is 0 Å². The summed E-state index contributed by atoms with van der Waals surface area (Å²) in [6.45, 7) is 6.54. The standard InChI is InChI=1S/C54H96O6/c1-4-7-10-13-16-19-22-24-26-28-29-32-35-38-41-44-47-53(56)59-50-51(49-58-52(55)46-43-40-37-34-31-21-18-15-12-9-6-3)60-54(57)48-45-42-39-36-33-30-27-25-23-20-17-14-11-8-5-2/h15,18,20-21,23,26,28,31,51H,4-14,16-17,19,22,24-25,27,29-30,32-50H2,1-3H3/b18-15-,23-20-,28-26-,31-21-. The van der Waals surface area contributed by atoms with Crippen molar-refractivity contribution in [3.63, 3.8) is 0 Å². The van der Waals surface area contributed by atoms with Gasteiger partial charge in [-0.3, -0.25) is 14.4 Å². The lowest BCUT2D eigenvalue weighted by Crippen LogP contribution is -2.30. The van der Waals surface area contributed by atoms with Crippen LogP contribution in [0.4, 0.5) is 0 Å². The number of carbonyl (C=O) groups is 3. The molecule has 0 fully saturated rings. The molecule has 0 radical (unpaired) electrons. The van der Waals surface area contributed by atoms with Crippen molar-refractivity contribution < 1.29 is 28.6 Å². The fourth-order valence-corrected chi connectivity index (χ4v) is 7.11. The van der Waals surface area contributed by atoms with Crippen molar-refractivity contribution in [2.75, 3.05) is 13.2 Å². The molecule has 0 aliphatic rings. The number of ether oxygens (including phenoxy) is 3. The Morgan fingerprint density at radius 1 is 0.333 bits per heavy atom. The van der Waals surface area contributed by atoms with Gasteiger partial charge < -0.3 is 14.2 Å². The van der Waals surface area contributed by atoms with E-state index < -0.39 is 6.10 Å². The number of esters is 3. The summed E-state index contributed by atoms with van der Waals surface area (Å²) < 4.78 is 16.7. The number of carbonyl (C=O) groups excluding carboxylic acids is 3. The van der Waals surface area contributed by atoms with E-state index >= 15 is 0 Å². The molecule has 0 saturated carbocycles. The highest BCUT2D eigenvalue weighted by molar-refractivity contribution is 5.71. The van der Waals surface area contributed by atoms with E-state index in [9.17, 15) is 14.4 Å². The van der Waals surface area contributed by atoms with Gasteiger partial charge in [-0.1, -0.05) is 198 Å². The monoisotopic (exact) mass is 841 g/mol. The van der Waals surface area contributed by atoms with Gasteiger partial charge in [0.1, 0.15) is 13.2 Å². The van der Waals surface area contributed by atoms with Crippen LogP contribution in [0, 0.1) is 0 Å². The summed E-state index contributed by atoms with van der Waals surface area (Å²) in [7, 11) is 0. The van der Waals surface area contributed by atoms with Gasteiger partial charge in [0.25, 0.3) is 0 Å². The second-order valence-corrected chi connectivity index (χ2v) is 17.1. The smallest absolute Gasteiger partial charge is 0.306 e. The van der Waals surface area contributed by atoms with E-state index in [-0.39, 0.29) is 31.1 Å². The Kier molecular flexibility index (Phi) is 46.9. The molecule has 6 heteroatoms. The van der Waals surface area contributed by atoms with Crippen molar-refractivity contribution in [2.24, 2.45) is 0 Å². The highest BCUT2D eigenvalue weighted by Crippen LogP contribution is 2.14. The Bertz CT molecular complexity index is 1060. The minimum absolute atomic E-state index is 0.0870. The van der Waals surface area contributed by atoms with E-state index in [2.05, 4.69) is 69.4 Å². The highest BCUT2D eigenvalue weighted by Gasteiger charge is 2.19. The number of allylic oxidation sites excluding steroid dienone is 8. The molecule has 0 aliphatic carbocycles. The van der Waals surface area contributed by atoms with Gasteiger partial charge in [0.15, 0.2) is 6.10 Å². The molecular weight excluding hydrogens is 745 g/mol. The van der Waals surface area contributed by atoms with E-state index in [0.717, 1.165) is 77.0 Å². The van der Waals surface area contributed by atoms with Crippen molar-refractivity contribution in [3.8, 4) is 0 Å². The molecule has 1 atom stereocenters. The Hall–Kier alpha value is -2.63. The van der Waals surface area contributed by atoms with Crippen LogP contribution in [0.1, 0.15) is 258 Å². The summed E-state index contributed by atoms with van der Waals surface area (Å²) in [5.74, 6) is -0.923. The second-order valence-electron chi connectivity index (χ2n) is 17.1. The summed E-state index contributed by atoms with van der Waals surface area (Å²) in [5.41, 5.74) is 0.